The van der Waals surface area contributed by atoms with Gasteiger partial charge in [0.1, 0.15) is 5.82 Å². The molecule has 0 saturated carbocycles. The van der Waals surface area contributed by atoms with Crippen LogP contribution in [-0.2, 0) is 10.8 Å². The molecule has 0 radical (unpaired) electrons. The zero-order valence-corrected chi connectivity index (χ0v) is 12.9. The highest BCUT2D eigenvalue weighted by atomic mass is 79.9. The van der Waals surface area contributed by atoms with E-state index in [1.165, 1.54) is 0 Å². The number of nitrogens with zero attached hydrogens (tertiary/aromatic N) is 2. The second kappa shape index (κ2) is 4.53. The van der Waals surface area contributed by atoms with Crippen molar-refractivity contribution in [1.29, 1.82) is 0 Å². The maximum Gasteiger partial charge on any atom is 0.158 e. The Kier molecular flexibility index (Phi) is 3.84. The fourth-order valence-corrected chi connectivity index (χ4v) is 2.26. The molecule has 0 amide bonds. The minimum Gasteiger partial charge on any atom is -0.307 e. The van der Waals surface area contributed by atoms with E-state index in [4.69, 9.17) is 5.84 Å². The number of aromatic nitrogens is 2. The smallest absolute Gasteiger partial charge is 0.158 e. The normalized spacial score (nSPS) is 12.7. The average Bonchev–Trinajstić information content (AvgIpc) is 2.14. The number of rotatable bonds is 1. The molecule has 1 aromatic heterocycles. The van der Waals surface area contributed by atoms with Gasteiger partial charge in [0.05, 0.1) is 10.2 Å². The predicted octanol–water partition coefficient (Wildman–Crippen LogP) is 3.12. The maximum absolute atomic E-state index is 5.50. The Bertz CT molecular complexity index is 416. The Morgan fingerprint density at radius 2 is 1.53 bits per heavy atom. The van der Waals surface area contributed by atoms with Gasteiger partial charge in [0.25, 0.3) is 0 Å². The highest BCUT2D eigenvalue weighted by Crippen LogP contribution is 2.34. The highest BCUT2D eigenvalue weighted by molar-refractivity contribution is 9.10. The van der Waals surface area contributed by atoms with Crippen molar-refractivity contribution in [2.24, 2.45) is 5.84 Å². The van der Waals surface area contributed by atoms with Crippen molar-refractivity contribution in [3.05, 3.63) is 16.0 Å². The first-order chi connectivity index (χ1) is 7.57. The molecule has 17 heavy (non-hydrogen) atoms. The SMILES string of the molecule is CC(C)(C)c1nc(NN)c(Br)c(C(C)(C)C)n1. The lowest BCUT2D eigenvalue weighted by Gasteiger charge is -2.25. The molecule has 0 aliphatic carbocycles. The summed E-state index contributed by atoms with van der Waals surface area (Å²) in [5.41, 5.74) is 3.42. The van der Waals surface area contributed by atoms with Gasteiger partial charge in [-0.05, 0) is 15.9 Å². The second-order valence-corrected chi connectivity index (χ2v) is 7.00. The highest BCUT2D eigenvalue weighted by Gasteiger charge is 2.26. The number of nitrogens with one attached hydrogen (secondary N) is 1. The molecule has 1 rings (SSSR count). The number of hydrazine groups is 1. The third-order valence-corrected chi connectivity index (χ3v) is 3.12. The number of nitrogen functional groups attached to an aromatic ring is 1. The van der Waals surface area contributed by atoms with Crippen molar-refractivity contribution in [3.8, 4) is 0 Å². The van der Waals surface area contributed by atoms with Crippen molar-refractivity contribution in [1.82, 2.24) is 9.97 Å². The van der Waals surface area contributed by atoms with Gasteiger partial charge in [0.15, 0.2) is 5.82 Å². The Labute approximate surface area is 112 Å². The molecule has 0 spiro atoms. The van der Waals surface area contributed by atoms with E-state index < -0.39 is 0 Å². The summed E-state index contributed by atoms with van der Waals surface area (Å²) >= 11 is 3.51. The summed E-state index contributed by atoms with van der Waals surface area (Å²) < 4.78 is 0.834. The van der Waals surface area contributed by atoms with Crippen molar-refractivity contribution >= 4 is 21.7 Å². The monoisotopic (exact) mass is 300 g/mol. The van der Waals surface area contributed by atoms with E-state index >= 15 is 0 Å². The molecular formula is C12H21BrN4. The van der Waals surface area contributed by atoms with Gasteiger partial charge in [-0.25, -0.2) is 15.8 Å². The molecule has 1 heterocycles. The van der Waals surface area contributed by atoms with Crippen LogP contribution in [0, 0.1) is 0 Å². The van der Waals surface area contributed by atoms with Crippen molar-refractivity contribution in [2.45, 2.75) is 52.4 Å². The predicted molar refractivity (Wildman–Crippen MR) is 74.9 cm³/mol. The number of nitrogens with two attached hydrogens (primary N) is 1. The third kappa shape index (κ3) is 3.16. The summed E-state index contributed by atoms with van der Waals surface area (Å²) in [7, 11) is 0. The lowest BCUT2D eigenvalue weighted by molar-refractivity contribution is 0.512. The lowest BCUT2D eigenvalue weighted by atomic mass is 9.90. The standard InChI is InChI=1S/C12H21BrN4/c1-11(2,3)8-7(13)9(17-14)16-10(15-8)12(4,5)6/h14H2,1-6H3,(H,15,16,17). The van der Waals surface area contributed by atoms with Gasteiger partial charge in [-0.15, -0.1) is 0 Å². The summed E-state index contributed by atoms with van der Waals surface area (Å²) in [6.45, 7) is 12.6. The van der Waals surface area contributed by atoms with Gasteiger partial charge in [0, 0.05) is 10.8 Å². The quantitative estimate of drug-likeness (QED) is 0.618. The molecule has 3 N–H and O–H groups in total. The van der Waals surface area contributed by atoms with Crippen LogP contribution in [0.1, 0.15) is 53.1 Å². The molecule has 0 saturated heterocycles. The summed E-state index contributed by atoms with van der Waals surface area (Å²) in [6, 6.07) is 0. The molecule has 0 aliphatic heterocycles. The van der Waals surface area contributed by atoms with Gasteiger partial charge in [-0.1, -0.05) is 41.5 Å². The lowest BCUT2D eigenvalue weighted by Crippen LogP contribution is -2.24. The molecule has 96 valence electrons. The average molecular weight is 301 g/mol. The maximum atomic E-state index is 5.50. The number of halogens is 1. The molecule has 0 bridgehead atoms. The second-order valence-electron chi connectivity index (χ2n) is 6.20. The van der Waals surface area contributed by atoms with Gasteiger partial charge in [-0.3, -0.25) is 0 Å². The summed E-state index contributed by atoms with van der Waals surface area (Å²) in [5, 5.41) is 0. The van der Waals surface area contributed by atoms with E-state index in [1.807, 2.05) is 0 Å². The van der Waals surface area contributed by atoms with Crippen LogP contribution in [0.15, 0.2) is 4.47 Å². The van der Waals surface area contributed by atoms with Crippen LogP contribution >= 0.6 is 15.9 Å². The van der Waals surface area contributed by atoms with Crippen LogP contribution in [0.4, 0.5) is 5.82 Å². The van der Waals surface area contributed by atoms with Crippen LogP contribution in [0.25, 0.3) is 0 Å². The Hall–Kier alpha value is -0.680. The van der Waals surface area contributed by atoms with E-state index in [-0.39, 0.29) is 10.8 Å². The van der Waals surface area contributed by atoms with E-state index in [0.29, 0.717) is 5.82 Å². The van der Waals surface area contributed by atoms with Gasteiger partial charge in [0.2, 0.25) is 0 Å². The van der Waals surface area contributed by atoms with Crippen LogP contribution < -0.4 is 11.3 Å². The van der Waals surface area contributed by atoms with E-state index in [9.17, 15) is 0 Å². The fourth-order valence-electron chi connectivity index (χ4n) is 1.38. The van der Waals surface area contributed by atoms with E-state index in [0.717, 1.165) is 16.0 Å². The number of hydrogen-bond donors (Lipinski definition) is 2. The first-order valence-corrected chi connectivity index (χ1v) is 6.42. The number of hydrogen-bond acceptors (Lipinski definition) is 4. The van der Waals surface area contributed by atoms with Crippen LogP contribution in [-0.4, -0.2) is 9.97 Å². The van der Waals surface area contributed by atoms with Crippen LogP contribution in [0.2, 0.25) is 0 Å². The summed E-state index contributed by atoms with van der Waals surface area (Å²) in [4.78, 5) is 9.11. The molecule has 4 nitrogen and oxygen atoms in total. The van der Waals surface area contributed by atoms with Crippen molar-refractivity contribution in [3.63, 3.8) is 0 Å². The fraction of sp³-hybridized carbons (Fsp3) is 0.667. The largest absolute Gasteiger partial charge is 0.307 e. The summed E-state index contributed by atoms with van der Waals surface area (Å²) in [5.74, 6) is 6.93. The van der Waals surface area contributed by atoms with Gasteiger partial charge in [-0.2, -0.15) is 0 Å². The first-order valence-electron chi connectivity index (χ1n) is 5.62. The first kappa shape index (κ1) is 14.4. The van der Waals surface area contributed by atoms with Crippen LogP contribution in [0.5, 0.6) is 0 Å². The van der Waals surface area contributed by atoms with E-state index in [1.54, 1.807) is 0 Å². The molecular weight excluding hydrogens is 280 g/mol. The Morgan fingerprint density at radius 1 is 1.00 bits per heavy atom. The third-order valence-electron chi connectivity index (χ3n) is 2.37. The Balaban J connectivity index is 3.50. The molecule has 0 aromatic carbocycles. The topological polar surface area (TPSA) is 63.8 Å². The summed E-state index contributed by atoms with van der Waals surface area (Å²) in [6.07, 6.45) is 0. The number of anilines is 1. The molecule has 1 aromatic rings. The van der Waals surface area contributed by atoms with Crippen LogP contribution in [0.3, 0.4) is 0 Å². The van der Waals surface area contributed by atoms with E-state index in [2.05, 4.69) is 72.9 Å². The van der Waals surface area contributed by atoms with Crippen molar-refractivity contribution < 1.29 is 0 Å². The molecule has 0 atom stereocenters. The minimum absolute atomic E-state index is 0.0621. The molecule has 0 fully saturated rings. The Morgan fingerprint density at radius 3 is 1.88 bits per heavy atom. The van der Waals surface area contributed by atoms with Gasteiger partial charge < -0.3 is 5.43 Å². The van der Waals surface area contributed by atoms with Crippen molar-refractivity contribution in [2.75, 3.05) is 5.43 Å². The minimum atomic E-state index is -0.105. The molecule has 0 unspecified atom stereocenters. The van der Waals surface area contributed by atoms with Gasteiger partial charge >= 0.3 is 0 Å². The zero-order valence-electron chi connectivity index (χ0n) is 11.3. The zero-order chi connectivity index (χ0) is 13.4. The molecule has 5 heteroatoms. The molecule has 0 aliphatic rings.